The minimum atomic E-state index is -0.0178. The third-order valence-electron chi connectivity index (χ3n) is 5.44. The number of fused-ring (bicyclic) bond motifs is 1. The Hall–Kier alpha value is -2.04. The van der Waals surface area contributed by atoms with E-state index in [4.69, 9.17) is 0 Å². The van der Waals surface area contributed by atoms with Crippen LogP contribution >= 0.6 is 0 Å². The maximum atomic E-state index is 12.4. The molecule has 124 valence electrons. The van der Waals surface area contributed by atoms with Crippen LogP contribution in [0, 0.1) is 0 Å². The second-order valence-electron chi connectivity index (χ2n) is 6.87. The van der Waals surface area contributed by atoms with E-state index in [1.54, 1.807) is 25.9 Å². The molecule has 0 radical (unpaired) electrons. The van der Waals surface area contributed by atoms with Crippen molar-refractivity contribution in [3.8, 4) is 0 Å². The van der Waals surface area contributed by atoms with E-state index in [1.165, 1.54) is 5.56 Å². The first kappa shape index (κ1) is 15.8. The highest BCUT2D eigenvalue weighted by molar-refractivity contribution is 5.76. The van der Waals surface area contributed by atoms with Crippen LogP contribution in [0.5, 0.6) is 0 Å². The Labute approximate surface area is 137 Å². The molecule has 2 heterocycles. The van der Waals surface area contributed by atoms with Crippen molar-refractivity contribution in [1.82, 2.24) is 14.7 Å². The van der Waals surface area contributed by atoms with Crippen LogP contribution in [0.25, 0.3) is 0 Å². The fraction of sp³-hybridized carbons (Fsp3) is 0.556. The van der Waals surface area contributed by atoms with Gasteiger partial charge in [0.2, 0.25) is 5.91 Å². The fourth-order valence-electron chi connectivity index (χ4n) is 4.22. The van der Waals surface area contributed by atoms with Gasteiger partial charge in [-0.25, -0.2) is 4.79 Å². The lowest BCUT2D eigenvalue weighted by Gasteiger charge is -2.46. The van der Waals surface area contributed by atoms with Gasteiger partial charge in [0, 0.05) is 46.1 Å². The van der Waals surface area contributed by atoms with Gasteiger partial charge in [-0.15, -0.1) is 0 Å². The van der Waals surface area contributed by atoms with Crippen LogP contribution in [0.4, 0.5) is 4.79 Å². The van der Waals surface area contributed by atoms with Gasteiger partial charge in [-0.1, -0.05) is 30.3 Å². The first-order valence-corrected chi connectivity index (χ1v) is 8.25. The number of nitrogens with zero attached hydrogens (tertiary/aromatic N) is 3. The van der Waals surface area contributed by atoms with E-state index < -0.39 is 0 Å². The predicted octanol–water partition coefficient (Wildman–Crippen LogP) is 1.93. The van der Waals surface area contributed by atoms with Crippen LogP contribution in [0.3, 0.4) is 0 Å². The van der Waals surface area contributed by atoms with Crippen LogP contribution in [0.2, 0.25) is 0 Å². The summed E-state index contributed by atoms with van der Waals surface area (Å²) < 4.78 is 0. The van der Waals surface area contributed by atoms with Gasteiger partial charge in [-0.3, -0.25) is 4.79 Å². The average Bonchev–Trinajstić information content (AvgIpc) is 2.94. The van der Waals surface area contributed by atoms with Crippen molar-refractivity contribution < 1.29 is 9.59 Å². The molecule has 2 saturated heterocycles. The predicted molar refractivity (Wildman–Crippen MR) is 89.2 cm³/mol. The van der Waals surface area contributed by atoms with Gasteiger partial charge in [0.1, 0.15) is 0 Å². The zero-order valence-electron chi connectivity index (χ0n) is 14.2. The van der Waals surface area contributed by atoms with Crippen molar-refractivity contribution in [2.75, 3.05) is 33.7 Å². The Morgan fingerprint density at radius 3 is 2.39 bits per heavy atom. The summed E-state index contributed by atoms with van der Waals surface area (Å²) in [7, 11) is 3.55. The molecule has 3 amide bonds. The maximum Gasteiger partial charge on any atom is 0.319 e. The molecule has 0 saturated carbocycles. The van der Waals surface area contributed by atoms with Gasteiger partial charge >= 0.3 is 6.03 Å². The third kappa shape index (κ3) is 2.58. The highest BCUT2D eigenvalue weighted by Gasteiger charge is 2.52. The summed E-state index contributed by atoms with van der Waals surface area (Å²) in [5.74, 6) is 0.104. The molecular formula is C18H25N3O2. The summed E-state index contributed by atoms with van der Waals surface area (Å²) in [6.45, 7) is 3.77. The second kappa shape index (κ2) is 5.87. The molecule has 0 aromatic heterocycles. The van der Waals surface area contributed by atoms with Gasteiger partial charge in [0.05, 0.1) is 6.04 Å². The molecule has 2 atom stereocenters. The lowest BCUT2D eigenvalue weighted by Crippen LogP contribution is -2.58. The molecule has 2 fully saturated rings. The molecule has 2 aliphatic heterocycles. The number of piperidine rings is 1. The Morgan fingerprint density at radius 1 is 1.13 bits per heavy atom. The number of carbonyl (C=O) groups is 2. The largest absolute Gasteiger partial charge is 0.337 e. The quantitative estimate of drug-likeness (QED) is 0.795. The average molecular weight is 315 g/mol. The minimum Gasteiger partial charge on any atom is -0.337 e. The van der Waals surface area contributed by atoms with E-state index in [0.29, 0.717) is 6.54 Å². The van der Waals surface area contributed by atoms with E-state index in [-0.39, 0.29) is 23.4 Å². The highest BCUT2D eigenvalue weighted by atomic mass is 16.2. The van der Waals surface area contributed by atoms with E-state index in [9.17, 15) is 9.59 Å². The number of likely N-dealkylation sites (tertiary alicyclic amines) is 2. The minimum absolute atomic E-state index is 0.0178. The Bertz CT molecular complexity index is 602. The van der Waals surface area contributed by atoms with E-state index >= 15 is 0 Å². The molecule has 0 N–H and O–H groups in total. The zero-order valence-corrected chi connectivity index (χ0v) is 14.2. The standard InChI is InChI=1S/C18H25N3O2/c1-14(22)21-12-10-18(15-7-5-4-6-8-15)9-11-20(13-16(18)21)17(23)19(2)3/h4-8,16H,9-13H2,1-3H3/t16-,18-/m0/s1. The second-order valence-corrected chi connectivity index (χ2v) is 6.87. The number of rotatable bonds is 1. The summed E-state index contributed by atoms with van der Waals surface area (Å²) in [5.41, 5.74) is 1.28. The summed E-state index contributed by atoms with van der Waals surface area (Å²) in [6, 6.07) is 10.6. The van der Waals surface area contributed by atoms with Crippen LogP contribution in [0.15, 0.2) is 30.3 Å². The Kier molecular flexibility index (Phi) is 4.04. The number of hydrogen-bond donors (Lipinski definition) is 0. The molecule has 0 bridgehead atoms. The summed E-state index contributed by atoms with van der Waals surface area (Å²) in [6.07, 6.45) is 1.89. The van der Waals surface area contributed by atoms with Crippen molar-refractivity contribution in [1.29, 1.82) is 0 Å². The van der Waals surface area contributed by atoms with Crippen molar-refractivity contribution in [2.24, 2.45) is 0 Å². The van der Waals surface area contributed by atoms with Gasteiger partial charge in [-0.05, 0) is 18.4 Å². The lowest BCUT2D eigenvalue weighted by atomic mass is 9.69. The zero-order chi connectivity index (χ0) is 16.6. The molecule has 1 aromatic carbocycles. The van der Waals surface area contributed by atoms with E-state index in [0.717, 1.165) is 25.9 Å². The Morgan fingerprint density at radius 2 is 1.78 bits per heavy atom. The van der Waals surface area contributed by atoms with Gasteiger partial charge in [0.15, 0.2) is 0 Å². The van der Waals surface area contributed by atoms with Crippen LogP contribution in [0.1, 0.15) is 25.3 Å². The number of hydrogen-bond acceptors (Lipinski definition) is 2. The van der Waals surface area contributed by atoms with Crippen molar-refractivity contribution >= 4 is 11.9 Å². The molecule has 5 heteroatoms. The first-order chi connectivity index (χ1) is 11.0. The number of urea groups is 1. The molecule has 2 aliphatic rings. The van der Waals surface area contributed by atoms with Crippen molar-refractivity contribution in [3.05, 3.63) is 35.9 Å². The summed E-state index contributed by atoms with van der Waals surface area (Å²) >= 11 is 0. The number of carbonyl (C=O) groups excluding carboxylic acids is 2. The lowest BCUT2D eigenvalue weighted by molar-refractivity contribution is -0.130. The topological polar surface area (TPSA) is 43.9 Å². The molecule has 0 unspecified atom stereocenters. The molecule has 23 heavy (non-hydrogen) atoms. The van der Waals surface area contributed by atoms with E-state index in [1.807, 2.05) is 15.9 Å². The van der Waals surface area contributed by atoms with Crippen LogP contribution < -0.4 is 0 Å². The normalized spacial score (nSPS) is 26.8. The number of amides is 3. The third-order valence-corrected chi connectivity index (χ3v) is 5.44. The summed E-state index contributed by atoms with van der Waals surface area (Å²) in [5, 5.41) is 0. The van der Waals surface area contributed by atoms with E-state index in [2.05, 4.69) is 24.3 Å². The monoisotopic (exact) mass is 315 g/mol. The molecule has 3 rings (SSSR count). The molecule has 1 aromatic rings. The molecule has 5 nitrogen and oxygen atoms in total. The number of benzene rings is 1. The Balaban J connectivity index is 1.94. The van der Waals surface area contributed by atoms with Crippen LogP contribution in [-0.2, 0) is 10.2 Å². The smallest absolute Gasteiger partial charge is 0.319 e. The van der Waals surface area contributed by atoms with Crippen molar-refractivity contribution in [3.63, 3.8) is 0 Å². The van der Waals surface area contributed by atoms with Gasteiger partial charge in [0.25, 0.3) is 0 Å². The highest BCUT2D eigenvalue weighted by Crippen LogP contribution is 2.45. The summed E-state index contributed by atoms with van der Waals surface area (Å²) in [4.78, 5) is 29.9. The van der Waals surface area contributed by atoms with Crippen LogP contribution in [-0.4, -0.2) is 66.4 Å². The molecular weight excluding hydrogens is 290 g/mol. The molecule has 0 spiro atoms. The SMILES string of the molecule is CC(=O)N1CC[C@]2(c3ccccc3)CCN(C(=O)N(C)C)C[C@H]12. The fourth-order valence-corrected chi connectivity index (χ4v) is 4.22. The molecule has 0 aliphatic carbocycles. The van der Waals surface area contributed by atoms with Gasteiger partial charge < -0.3 is 14.7 Å². The van der Waals surface area contributed by atoms with Gasteiger partial charge in [-0.2, -0.15) is 0 Å². The van der Waals surface area contributed by atoms with Crippen molar-refractivity contribution in [2.45, 2.75) is 31.2 Å². The first-order valence-electron chi connectivity index (χ1n) is 8.25. The maximum absolute atomic E-state index is 12.4.